The molecule has 0 saturated carbocycles. The number of carbonyl (C=O) groups is 3. The summed E-state index contributed by atoms with van der Waals surface area (Å²) in [7, 11) is 0. The number of carbonyl (C=O) groups excluding carboxylic acids is 1. The SMILES string of the molecule is CCC[C@@H](CC(=O)C(=O)O)C(=O)O. The second-order valence-electron chi connectivity index (χ2n) is 2.76. The van der Waals surface area contributed by atoms with E-state index in [-0.39, 0.29) is 0 Å². The summed E-state index contributed by atoms with van der Waals surface area (Å²) in [5.74, 6) is -4.59. The molecular formula is C8H12O5. The van der Waals surface area contributed by atoms with E-state index in [1.165, 1.54) is 0 Å². The van der Waals surface area contributed by atoms with Gasteiger partial charge in [-0.2, -0.15) is 0 Å². The van der Waals surface area contributed by atoms with Crippen LogP contribution in [0.3, 0.4) is 0 Å². The van der Waals surface area contributed by atoms with E-state index in [1.807, 2.05) is 0 Å². The third-order valence-corrected chi connectivity index (χ3v) is 1.66. The first-order valence-corrected chi connectivity index (χ1v) is 3.98. The van der Waals surface area contributed by atoms with E-state index in [9.17, 15) is 14.4 Å². The fraction of sp³-hybridized carbons (Fsp3) is 0.625. The standard InChI is InChI=1S/C8H12O5/c1-2-3-5(7(10)11)4-6(9)8(12)13/h5H,2-4H2,1H3,(H,10,11)(H,12,13)/t5-/m0/s1. The van der Waals surface area contributed by atoms with Gasteiger partial charge in [0.1, 0.15) is 0 Å². The monoisotopic (exact) mass is 188 g/mol. The minimum Gasteiger partial charge on any atom is -0.481 e. The van der Waals surface area contributed by atoms with Crippen LogP contribution in [0.2, 0.25) is 0 Å². The Labute approximate surface area is 75.4 Å². The zero-order chi connectivity index (χ0) is 10.4. The molecule has 0 aromatic rings. The summed E-state index contributed by atoms with van der Waals surface area (Å²) < 4.78 is 0. The summed E-state index contributed by atoms with van der Waals surface area (Å²) in [4.78, 5) is 31.3. The maximum atomic E-state index is 10.7. The van der Waals surface area contributed by atoms with E-state index in [2.05, 4.69) is 0 Å². The van der Waals surface area contributed by atoms with Crippen molar-refractivity contribution in [2.75, 3.05) is 0 Å². The highest BCUT2D eigenvalue weighted by atomic mass is 16.4. The van der Waals surface area contributed by atoms with Gasteiger partial charge in [0.25, 0.3) is 0 Å². The molecule has 5 nitrogen and oxygen atoms in total. The van der Waals surface area contributed by atoms with E-state index in [4.69, 9.17) is 10.2 Å². The van der Waals surface area contributed by atoms with Crippen molar-refractivity contribution in [2.24, 2.45) is 5.92 Å². The summed E-state index contributed by atoms with van der Waals surface area (Å²) >= 11 is 0. The Morgan fingerprint density at radius 2 is 1.77 bits per heavy atom. The highest BCUT2D eigenvalue weighted by Crippen LogP contribution is 2.11. The number of rotatable bonds is 6. The molecule has 0 aromatic carbocycles. The molecule has 0 aliphatic carbocycles. The number of hydrogen-bond donors (Lipinski definition) is 2. The van der Waals surface area contributed by atoms with E-state index in [0.717, 1.165) is 0 Å². The molecule has 0 rings (SSSR count). The van der Waals surface area contributed by atoms with Crippen LogP contribution < -0.4 is 0 Å². The Hall–Kier alpha value is -1.39. The molecule has 0 radical (unpaired) electrons. The van der Waals surface area contributed by atoms with Gasteiger partial charge in [-0.15, -0.1) is 0 Å². The predicted molar refractivity (Wildman–Crippen MR) is 43.3 cm³/mol. The second-order valence-corrected chi connectivity index (χ2v) is 2.76. The molecular weight excluding hydrogens is 176 g/mol. The highest BCUT2D eigenvalue weighted by molar-refractivity contribution is 6.33. The Morgan fingerprint density at radius 1 is 1.23 bits per heavy atom. The number of Topliss-reactive ketones (excluding diaryl/α,β-unsaturated/α-hetero) is 1. The summed E-state index contributed by atoms with van der Waals surface area (Å²) in [6, 6.07) is 0. The van der Waals surface area contributed by atoms with Gasteiger partial charge in [0, 0.05) is 6.42 Å². The first-order valence-electron chi connectivity index (χ1n) is 3.98. The normalized spacial score (nSPS) is 12.1. The van der Waals surface area contributed by atoms with Crippen LogP contribution in [0.4, 0.5) is 0 Å². The van der Waals surface area contributed by atoms with Crippen LogP contribution in [0.15, 0.2) is 0 Å². The number of ketones is 1. The molecule has 74 valence electrons. The predicted octanol–water partition coefficient (Wildman–Crippen LogP) is 0.531. The average Bonchev–Trinajstić information content (AvgIpc) is 2.03. The largest absolute Gasteiger partial charge is 0.481 e. The Bertz CT molecular complexity index is 221. The highest BCUT2D eigenvalue weighted by Gasteiger charge is 2.23. The zero-order valence-corrected chi connectivity index (χ0v) is 7.32. The molecule has 0 bridgehead atoms. The third kappa shape index (κ3) is 4.25. The van der Waals surface area contributed by atoms with Gasteiger partial charge in [-0.3, -0.25) is 9.59 Å². The molecule has 13 heavy (non-hydrogen) atoms. The van der Waals surface area contributed by atoms with Gasteiger partial charge >= 0.3 is 11.9 Å². The number of carboxylic acids is 2. The third-order valence-electron chi connectivity index (χ3n) is 1.66. The molecule has 0 spiro atoms. The minimum absolute atomic E-state index is 0.328. The fourth-order valence-electron chi connectivity index (χ4n) is 0.972. The van der Waals surface area contributed by atoms with Gasteiger partial charge < -0.3 is 10.2 Å². The van der Waals surface area contributed by atoms with Crippen molar-refractivity contribution >= 4 is 17.7 Å². The summed E-state index contributed by atoms with van der Waals surface area (Å²) in [5, 5.41) is 16.8. The summed E-state index contributed by atoms with van der Waals surface area (Å²) in [5.41, 5.74) is 0. The van der Waals surface area contributed by atoms with Crippen molar-refractivity contribution in [1.82, 2.24) is 0 Å². The van der Waals surface area contributed by atoms with Crippen LogP contribution in [0.5, 0.6) is 0 Å². The van der Waals surface area contributed by atoms with Crippen LogP contribution in [-0.4, -0.2) is 27.9 Å². The van der Waals surface area contributed by atoms with E-state index < -0.39 is 30.1 Å². The van der Waals surface area contributed by atoms with E-state index in [0.29, 0.717) is 12.8 Å². The van der Waals surface area contributed by atoms with Crippen molar-refractivity contribution in [3.63, 3.8) is 0 Å². The first kappa shape index (κ1) is 11.6. The Kier molecular flexibility index (Phi) is 4.72. The van der Waals surface area contributed by atoms with Crippen LogP contribution in [-0.2, 0) is 14.4 Å². The quantitative estimate of drug-likeness (QED) is 0.593. The second kappa shape index (κ2) is 5.29. The van der Waals surface area contributed by atoms with Gasteiger partial charge in [0.05, 0.1) is 5.92 Å². The van der Waals surface area contributed by atoms with Gasteiger partial charge in [-0.1, -0.05) is 13.3 Å². The lowest BCUT2D eigenvalue weighted by molar-refractivity contribution is -0.151. The van der Waals surface area contributed by atoms with Crippen LogP contribution in [0, 0.1) is 5.92 Å². The average molecular weight is 188 g/mol. The van der Waals surface area contributed by atoms with E-state index in [1.54, 1.807) is 6.92 Å². The number of hydrogen-bond acceptors (Lipinski definition) is 3. The molecule has 5 heteroatoms. The number of aliphatic carboxylic acids is 2. The topological polar surface area (TPSA) is 91.7 Å². The molecule has 0 amide bonds. The van der Waals surface area contributed by atoms with Crippen molar-refractivity contribution in [1.29, 1.82) is 0 Å². The summed E-state index contributed by atoms with van der Waals surface area (Å²) in [6.07, 6.45) is 0.525. The lowest BCUT2D eigenvalue weighted by Crippen LogP contribution is -2.22. The zero-order valence-electron chi connectivity index (χ0n) is 7.32. The Balaban J connectivity index is 4.17. The Morgan fingerprint density at radius 3 is 2.08 bits per heavy atom. The van der Waals surface area contributed by atoms with Crippen molar-refractivity contribution in [3.8, 4) is 0 Å². The van der Waals surface area contributed by atoms with Gasteiger partial charge in [0.15, 0.2) is 0 Å². The molecule has 0 aliphatic rings. The fourth-order valence-corrected chi connectivity index (χ4v) is 0.972. The van der Waals surface area contributed by atoms with Gasteiger partial charge in [0.2, 0.25) is 5.78 Å². The maximum absolute atomic E-state index is 10.7. The lowest BCUT2D eigenvalue weighted by atomic mass is 9.98. The van der Waals surface area contributed by atoms with Crippen molar-refractivity contribution in [2.45, 2.75) is 26.2 Å². The molecule has 0 saturated heterocycles. The molecule has 0 aliphatic heterocycles. The molecule has 0 fully saturated rings. The molecule has 1 atom stereocenters. The van der Waals surface area contributed by atoms with Crippen LogP contribution in [0.25, 0.3) is 0 Å². The molecule has 2 N–H and O–H groups in total. The molecule has 0 heterocycles. The van der Waals surface area contributed by atoms with Crippen molar-refractivity contribution in [3.05, 3.63) is 0 Å². The minimum atomic E-state index is -1.57. The smallest absolute Gasteiger partial charge is 0.372 e. The summed E-state index contributed by atoms with van der Waals surface area (Å²) in [6.45, 7) is 1.78. The van der Waals surface area contributed by atoms with Gasteiger partial charge in [-0.05, 0) is 6.42 Å². The van der Waals surface area contributed by atoms with Crippen LogP contribution >= 0.6 is 0 Å². The maximum Gasteiger partial charge on any atom is 0.372 e. The molecule has 0 unspecified atom stereocenters. The van der Waals surface area contributed by atoms with Crippen molar-refractivity contribution < 1.29 is 24.6 Å². The van der Waals surface area contributed by atoms with Gasteiger partial charge in [-0.25, -0.2) is 4.79 Å². The lowest BCUT2D eigenvalue weighted by Gasteiger charge is -2.07. The van der Waals surface area contributed by atoms with E-state index >= 15 is 0 Å². The first-order chi connectivity index (χ1) is 5.99. The molecule has 0 aromatic heterocycles. The van der Waals surface area contributed by atoms with Crippen LogP contribution in [0.1, 0.15) is 26.2 Å². The number of carboxylic acid groups (broad SMARTS) is 2.